The van der Waals surface area contributed by atoms with Gasteiger partial charge in [-0.25, -0.2) is 9.79 Å². The highest BCUT2D eigenvalue weighted by molar-refractivity contribution is 8.13. The van der Waals surface area contributed by atoms with Gasteiger partial charge in [0.25, 0.3) is 0 Å². The average Bonchev–Trinajstić information content (AvgIpc) is 2.55. The second kappa shape index (κ2) is 7.66. The maximum Gasteiger partial charge on any atom is 0.337 e. The molecule has 2 rings (SSSR count). The first-order chi connectivity index (χ1) is 10.6. The minimum atomic E-state index is -0.345. The smallest absolute Gasteiger partial charge is 0.337 e. The van der Waals surface area contributed by atoms with E-state index in [1.807, 2.05) is 49.3 Å². The summed E-state index contributed by atoms with van der Waals surface area (Å²) in [4.78, 5) is 19.1. The van der Waals surface area contributed by atoms with E-state index in [9.17, 15) is 4.79 Å². The summed E-state index contributed by atoms with van der Waals surface area (Å²) in [6.45, 7) is 0. The zero-order valence-electron chi connectivity index (χ0n) is 12.8. The summed E-state index contributed by atoms with van der Waals surface area (Å²) in [7, 11) is 5.28. The molecule has 0 radical (unpaired) electrons. The zero-order chi connectivity index (χ0) is 15.9. The van der Waals surface area contributed by atoms with Crippen LogP contribution < -0.4 is 0 Å². The molecule has 2 aromatic rings. The highest BCUT2D eigenvalue weighted by atomic mass is 32.2. The molecule has 0 saturated carbocycles. The fourth-order valence-corrected chi connectivity index (χ4v) is 2.55. The Balaban J connectivity index is 2.21. The third kappa shape index (κ3) is 4.36. The number of aliphatic imine (C=N–C) groups is 1. The Kier molecular flexibility index (Phi) is 5.61. The SMILES string of the molecule is COC(=O)c1ccc(N=C(Sc2ccccc2)N(C)C)cc1. The average molecular weight is 314 g/mol. The number of hydrogen-bond acceptors (Lipinski definition) is 4. The van der Waals surface area contributed by atoms with Gasteiger partial charge in [0, 0.05) is 19.0 Å². The predicted molar refractivity (Wildman–Crippen MR) is 90.9 cm³/mol. The Hall–Kier alpha value is -2.27. The van der Waals surface area contributed by atoms with Crippen LogP contribution in [0.4, 0.5) is 5.69 Å². The van der Waals surface area contributed by atoms with Crippen LogP contribution in [0, 0.1) is 0 Å². The van der Waals surface area contributed by atoms with Crippen LogP contribution in [0.25, 0.3) is 0 Å². The molecule has 0 N–H and O–H groups in total. The standard InChI is InChI=1S/C17H18N2O2S/c1-19(2)17(22-15-7-5-4-6-8-15)18-14-11-9-13(10-12-14)16(20)21-3/h4-12H,1-3H3. The van der Waals surface area contributed by atoms with Gasteiger partial charge in [0.2, 0.25) is 0 Å². The summed E-state index contributed by atoms with van der Waals surface area (Å²) >= 11 is 1.59. The predicted octanol–water partition coefficient (Wildman–Crippen LogP) is 3.81. The number of carbonyl (C=O) groups excluding carboxylic acids is 1. The first-order valence-corrected chi connectivity index (χ1v) is 7.59. The van der Waals surface area contributed by atoms with Crippen molar-refractivity contribution >= 4 is 28.6 Å². The first-order valence-electron chi connectivity index (χ1n) is 6.77. The number of rotatable bonds is 3. The largest absolute Gasteiger partial charge is 0.465 e. The molecular weight excluding hydrogens is 296 g/mol. The van der Waals surface area contributed by atoms with Gasteiger partial charge in [-0.15, -0.1) is 0 Å². The minimum Gasteiger partial charge on any atom is -0.465 e. The van der Waals surface area contributed by atoms with E-state index in [1.54, 1.807) is 36.0 Å². The molecule has 0 spiro atoms. The van der Waals surface area contributed by atoms with Gasteiger partial charge >= 0.3 is 5.97 Å². The molecule has 114 valence electrons. The van der Waals surface area contributed by atoms with Crippen molar-refractivity contribution < 1.29 is 9.53 Å². The van der Waals surface area contributed by atoms with Crippen LogP contribution in [0.3, 0.4) is 0 Å². The van der Waals surface area contributed by atoms with Gasteiger partial charge < -0.3 is 9.64 Å². The van der Waals surface area contributed by atoms with Crippen molar-refractivity contribution in [3.63, 3.8) is 0 Å². The van der Waals surface area contributed by atoms with Gasteiger partial charge in [0.15, 0.2) is 5.17 Å². The third-order valence-corrected chi connectivity index (χ3v) is 3.99. The second-order valence-electron chi connectivity index (χ2n) is 4.74. The Morgan fingerprint density at radius 2 is 1.68 bits per heavy atom. The van der Waals surface area contributed by atoms with Crippen LogP contribution >= 0.6 is 11.8 Å². The number of methoxy groups -OCH3 is 1. The van der Waals surface area contributed by atoms with Crippen molar-refractivity contribution in [2.24, 2.45) is 4.99 Å². The van der Waals surface area contributed by atoms with Crippen molar-refractivity contribution in [1.29, 1.82) is 0 Å². The molecule has 0 fully saturated rings. The summed E-state index contributed by atoms with van der Waals surface area (Å²) in [5.41, 5.74) is 1.31. The Labute approximate surface area is 134 Å². The van der Waals surface area contributed by atoms with E-state index in [0.717, 1.165) is 15.8 Å². The molecule has 0 unspecified atom stereocenters. The van der Waals surface area contributed by atoms with E-state index in [0.29, 0.717) is 5.56 Å². The van der Waals surface area contributed by atoms with Crippen molar-refractivity contribution in [3.8, 4) is 0 Å². The van der Waals surface area contributed by atoms with Crippen LogP contribution in [0.2, 0.25) is 0 Å². The second-order valence-corrected chi connectivity index (χ2v) is 5.78. The molecule has 0 aliphatic heterocycles. The number of hydrogen-bond donors (Lipinski definition) is 0. The molecule has 0 aliphatic carbocycles. The zero-order valence-corrected chi connectivity index (χ0v) is 13.6. The van der Waals surface area contributed by atoms with Gasteiger partial charge in [0.05, 0.1) is 18.4 Å². The monoisotopic (exact) mass is 314 g/mol. The maximum atomic E-state index is 11.4. The van der Waals surface area contributed by atoms with E-state index < -0.39 is 0 Å². The molecule has 0 amide bonds. The number of thioether (sulfide) groups is 1. The number of carbonyl (C=O) groups is 1. The Morgan fingerprint density at radius 3 is 2.23 bits per heavy atom. The van der Waals surface area contributed by atoms with Gasteiger partial charge in [-0.3, -0.25) is 0 Å². The molecule has 22 heavy (non-hydrogen) atoms. The van der Waals surface area contributed by atoms with Gasteiger partial charge in [-0.2, -0.15) is 0 Å². The highest BCUT2D eigenvalue weighted by Crippen LogP contribution is 2.23. The topological polar surface area (TPSA) is 41.9 Å². The van der Waals surface area contributed by atoms with Crippen molar-refractivity contribution in [2.75, 3.05) is 21.2 Å². The number of ether oxygens (including phenoxy) is 1. The van der Waals surface area contributed by atoms with Crippen LogP contribution in [0.5, 0.6) is 0 Å². The van der Waals surface area contributed by atoms with Gasteiger partial charge in [-0.05, 0) is 36.4 Å². The highest BCUT2D eigenvalue weighted by Gasteiger charge is 2.07. The van der Waals surface area contributed by atoms with E-state index in [2.05, 4.69) is 9.73 Å². The van der Waals surface area contributed by atoms with E-state index in [-0.39, 0.29) is 5.97 Å². The Morgan fingerprint density at radius 1 is 1.05 bits per heavy atom. The molecule has 0 aliphatic rings. The molecule has 0 bridgehead atoms. The van der Waals surface area contributed by atoms with E-state index >= 15 is 0 Å². The molecule has 0 aromatic heterocycles. The summed E-state index contributed by atoms with van der Waals surface area (Å²) in [6.07, 6.45) is 0. The Bertz CT molecular complexity index is 652. The summed E-state index contributed by atoms with van der Waals surface area (Å²) in [5, 5.41) is 0.872. The van der Waals surface area contributed by atoms with E-state index in [1.165, 1.54) is 7.11 Å². The molecule has 0 saturated heterocycles. The number of esters is 1. The molecule has 4 nitrogen and oxygen atoms in total. The fourth-order valence-electron chi connectivity index (χ4n) is 1.71. The first kappa shape index (κ1) is 16.1. The lowest BCUT2D eigenvalue weighted by Crippen LogP contribution is -2.18. The quantitative estimate of drug-likeness (QED) is 0.374. The summed E-state index contributed by atoms with van der Waals surface area (Å²) in [6, 6.07) is 17.1. The van der Waals surface area contributed by atoms with Gasteiger partial charge in [0.1, 0.15) is 0 Å². The normalized spacial score (nSPS) is 11.1. The summed E-state index contributed by atoms with van der Waals surface area (Å²) < 4.78 is 4.69. The fraction of sp³-hybridized carbons (Fsp3) is 0.176. The van der Waals surface area contributed by atoms with E-state index in [4.69, 9.17) is 0 Å². The lowest BCUT2D eigenvalue weighted by molar-refractivity contribution is 0.0601. The van der Waals surface area contributed by atoms with Crippen LogP contribution in [-0.2, 0) is 4.74 Å². The summed E-state index contributed by atoms with van der Waals surface area (Å²) in [5.74, 6) is -0.345. The maximum absolute atomic E-state index is 11.4. The van der Waals surface area contributed by atoms with Crippen molar-refractivity contribution in [1.82, 2.24) is 4.90 Å². The molecule has 0 heterocycles. The minimum absolute atomic E-state index is 0.345. The molecular formula is C17H18N2O2S. The third-order valence-electron chi connectivity index (χ3n) is 2.85. The van der Waals surface area contributed by atoms with Crippen molar-refractivity contribution in [2.45, 2.75) is 4.90 Å². The lowest BCUT2D eigenvalue weighted by Gasteiger charge is -2.15. The number of benzene rings is 2. The lowest BCUT2D eigenvalue weighted by atomic mass is 10.2. The molecule has 2 aromatic carbocycles. The number of nitrogens with zero attached hydrogens (tertiary/aromatic N) is 2. The van der Waals surface area contributed by atoms with Crippen LogP contribution in [0.1, 0.15) is 10.4 Å². The molecule has 5 heteroatoms. The van der Waals surface area contributed by atoms with Crippen LogP contribution in [-0.4, -0.2) is 37.2 Å². The molecule has 0 atom stereocenters. The van der Waals surface area contributed by atoms with Crippen LogP contribution in [0.15, 0.2) is 64.5 Å². The number of amidine groups is 1. The van der Waals surface area contributed by atoms with Crippen molar-refractivity contribution in [3.05, 3.63) is 60.2 Å². The van der Waals surface area contributed by atoms with Gasteiger partial charge in [-0.1, -0.05) is 30.0 Å².